The Balaban J connectivity index is 2.31. The topological polar surface area (TPSA) is 39.7 Å². The van der Waals surface area contributed by atoms with Crippen LogP contribution in [-0.4, -0.2) is 13.9 Å². The van der Waals surface area contributed by atoms with E-state index < -0.39 is 0 Å². The molecule has 0 fully saturated rings. The Labute approximate surface area is 86.7 Å². The highest BCUT2D eigenvalue weighted by molar-refractivity contribution is 6.31. The molecule has 0 bridgehead atoms. The van der Waals surface area contributed by atoms with E-state index in [-0.39, 0.29) is 6.79 Å². The molecule has 14 heavy (non-hydrogen) atoms. The summed E-state index contributed by atoms with van der Waals surface area (Å²) in [5, 5.41) is 0.638. The first kappa shape index (κ1) is 9.58. The molecule has 2 rings (SSSR count). The van der Waals surface area contributed by atoms with Crippen molar-refractivity contribution >= 4 is 11.6 Å². The van der Waals surface area contributed by atoms with Gasteiger partial charge in [-0.2, -0.15) is 5.48 Å². The van der Waals surface area contributed by atoms with E-state index in [9.17, 15) is 0 Å². The van der Waals surface area contributed by atoms with E-state index in [2.05, 4.69) is 5.48 Å². The first-order valence-corrected chi connectivity index (χ1v) is 4.53. The van der Waals surface area contributed by atoms with E-state index in [0.717, 1.165) is 11.3 Å². The highest BCUT2D eigenvalue weighted by atomic mass is 35.5. The summed E-state index contributed by atoms with van der Waals surface area (Å²) in [6, 6.07) is 3.57. The Morgan fingerprint density at radius 3 is 3.14 bits per heavy atom. The Bertz CT molecular complexity index is 343. The van der Waals surface area contributed by atoms with Crippen molar-refractivity contribution in [3.8, 4) is 11.5 Å². The van der Waals surface area contributed by atoms with E-state index >= 15 is 0 Å². The van der Waals surface area contributed by atoms with Crippen molar-refractivity contribution in [1.82, 2.24) is 5.48 Å². The van der Waals surface area contributed by atoms with Gasteiger partial charge in [0.25, 0.3) is 0 Å². The minimum Gasteiger partial charge on any atom is -0.454 e. The zero-order valence-electron chi connectivity index (χ0n) is 7.67. The number of hydrogen-bond acceptors (Lipinski definition) is 4. The second kappa shape index (κ2) is 4.04. The van der Waals surface area contributed by atoms with E-state index in [1.54, 1.807) is 19.2 Å². The number of ether oxygens (including phenoxy) is 2. The molecule has 0 saturated heterocycles. The zero-order valence-corrected chi connectivity index (χ0v) is 8.43. The quantitative estimate of drug-likeness (QED) is 0.780. The summed E-state index contributed by atoms with van der Waals surface area (Å²) in [6.45, 7) is 0.734. The maximum Gasteiger partial charge on any atom is 0.231 e. The lowest BCUT2D eigenvalue weighted by Crippen LogP contribution is -2.11. The van der Waals surface area contributed by atoms with Crippen LogP contribution in [0.3, 0.4) is 0 Å². The second-order valence-electron chi connectivity index (χ2n) is 2.78. The molecule has 1 N–H and O–H groups in total. The molecule has 1 aromatic carbocycles. The Morgan fingerprint density at radius 2 is 2.36 bits per heavy atom. The number of nitrogens with one attached hydrogen (secondary N) is 1. The summed E-state index contributed by atoms with van der Waals surface area (Å²) in [6.07, 6.45) is 0. The van der Waals surface area contributed by atoms with Crippen molar-refractivity contribution in [3.05, 3.63) is 22.7 Å². The van der Waals surface area contributed by atoms with Crippen LogP contribution in [-0.2, 0) is 11.4 Å². The normalized spacial score (nSPS) is 13.3. The average Bonchev–Trinajstić information content (AvgIpc) is 2.64. The minimum absolute atomic E-state index is 0.246. The molecule has 1 heterocycles. The maximum absolute atomic E-state index is 6.01. The molecule has 0 aromatic heterocycles. The molecule has 4 nitrogen and oxygen atoms in total. The average molecular weight is 216 g/mol. The smallest absolute Gasteiger partial charge is 0.231 e. The molecular formula is C9H10ClNO3. The fourth-order valence-electron chi connectivity index (χ4n) is 1.32. The molecule has 5 heteroatoms. The molecule has 0 aliphatic carbocycles. The summed E-state index contributed by atoms with van der Waals surface area (Å²) < 4.78 is 10.5. The number of hydrogen-bond donors (Lipinski definition) is 1. The minimum atomic E-state index is 0.246. The highest BCUT2D eigenvalue weighted by Gasteiger charge is 2.19. The van der Waals surface area contributed by atoms with Crippen LogP contribution in [0.4, 0.5) is 0 Å². The molecule has 0 atom stereocenters. The lowest BCUT2D eigenvalue weighted by molar-refractivity contribution is 0.0858. The third kappa shape index (κ3) is 1.64. The summed E-state index contributed by atoms with van der Waals surface area (Å²) >= 11 is 6.01. The van der Waals surface area contributed by atoms with Crippen LogP contribution in [0.15, 0.2) is 12.1 Å². The van der Waals surface area contributed by atoms with Crippen molar-refractivity contribution in [2.24, 2.45) is 0 Å². The number of rotatable bonds is 3. The summed E-state index contributed by atoms with van der Waals surface area (Å²) in [5.74, 6) is 1.42. The number of hydroxylamine groups is 1. The molecule has 76 valence electrons. The largest absolute Gasteiger partial charge is 0.454 e. The standard InChI is InChI=1S/C9H10ClNO3/c1-12-11-4-6-7(10)2-3-8-9(6)14-5-13-8/h2-3,11H,4-5H2,1H3. The van der Waals surface area contributed by atoms with Crippen molar-refractivity contribution in [2.75, 3.05) is 13.9 Å². The molecule has 1 aromatic rings. The molecule has 0 spiro atoms. The maximum atomic E-state index is 6.01. The first-order valence-electron chi connectivity index (χ1n) is 4.15. The van der Waals surface area contributed by atoms with Crippen molar-refractivity contribution in [1.29, 1.82) is 0 Å². The van der Waals surface area contributed by atoms with Crippen molar-refractivity contribution in [2.45, 2.75) is 6.54 Å². The fourth-order valence-corrected chi connectivity index (χ4v) is 1.53. The Hall–Kier alpha value is -0.970. The van der Waals surface area contributed by atoms with Crippen molar-refractivity contribution in [3.63, 3.8) is 0 Å². The third-order valence-electron chi connectivity index (χ3n) is 1.98. The van der Waals surface area contributed by atoms with Crippen LogP contribution in [0.1, 0.15) is 5.56 Å². The summed E-state index contributed by atoms with van der Waals surface area (Å²) in [7, 11) is 1.55. The highest BCUT2D eigenvalue weighted by Crippen LogP contribution is 2.39. The summed E-state index contributed by atoms with van der Waals surface area (Å²) in [4.78, 5) is 4.76. The van der Waals surface area contributed by atoms with Crippen molar-refractivity contribution < 1.29 is 14.3 Å². The van der Waals surface area contributed by atoms with Crippen LogP contribution < -0.4 is 15.0 Å². The molecule has 0 amide bonds. The van der Waals surface area contributed by atoms with Crippen LogP contribution in [0.2, 0.25) is 5.02 Å². The van der Waals surface area contributed by atoms with Gasteiger partial charge in [0.1, 0.15) is 0 Å². The van der Waals surface area contributed by atoms with Gasteiger partial charge in [0.15, 0.2) is 11.5 Å². The number of halogens is 1. The van der Waals surface area contributed by atoms with Gasteiger partial charge in [-0.05, 0) is 12.1 Å². The van der Waals surface area contributed by atoms with Gasteiger partial charge >= 0.3 is 0 Å². The van der Waals surface area contributed by atoms with E-state index in [1.807, 2.05) is 0 Å². The molecular weight excluding hydrogens is 206 g/mol. The van der Waals surface area contributed by atoms with Gasteiger partial charge in [-0.15, -0.1) is 0 Å². The van der Waals surface area contributed by atoms with E-state index in [4.69, 9.17) is 25.9 Å². The Morgan fingerprint density at radius 1 is 1.50 bits per heavy atom. The monoisotopic (exact) mass is 215 g/mol. The first-order chi connectivity index (χ1) is 6.83. The van der Waals surface area contributed by atoms with Gasteiger partial charge in [0.05, 0.1) is 13.7 Å². The van der Waals surface area contributed by atoms with Gasteiger partial charge in [-0.25, -0.2) is 0 Å². The van der Waals surface area contributed by atoms with Gasteiger partial charge in [0, 0.05) is 10.6 Å². The predicted molar refractivity (Wildman–Crippen MR) is 51.4 cm³/mol. The van der Waals surface area contributed by atoms with Crippen LogP contribution >= 0.6 is 11.6 Å². The fraction of sp³-hybridized carbons (Fsp3) is 0.333. The Kier molecular flexibility index (Phi) is 2.77. The van der Waals surface area contributed by atoms with Gasteiger partial charge < -0.3 is 14.3 Å². The predicted octanol–water partition coefficient (Wildman–Crippen LogP) is 1.72. The molecule has 1 aliphatic heterocycles. The van der Waals surface area contributed by atoms with E-state index in [1.165, 1.54) is 0 Å². The van der Waals surface area contributed by atoms with Crippen LogP contribution in [0, 0.1) is 0 Å². The summed E-state index contributed by atoms with van der Waals surface area (Å²) in [5.41, 5.74) is 3.57. The van der Waals surface area contributed by atoms with Gasteiger partial charge in [0.2, 0.25) is 6.79 Å². The van der Waals surface area contributed by atoms with Crippen LogP contribution in [0.5, 0.6) is 11.5 Å². The van der Waals surface area contributed by atoms with Gasteiger partial charge in [-0.1, -0.05) is 11.6 Å². The number of benzene rings is 1. The van der Waals surface area contributed by atoms with E-state index in [0.29, 0.717) is 17.3 Å². The van der Waals surface area contributed by atoms with Crippen LogP contribution in [0.25, 0.3) is 0 Å². The SMILES string of the molecule is CONCc1c(Cl)ccc2c1OCO2. The molecule has 0 saturated carbocycles. The third-order valence-corrected chi connectivity index (χ3v) is 2.33. The lowest BCUT2D eigenvalue weighted by atomic mass is 10.2. The molecule has 1 aliphatic rings. The molecule has 0 radical (unpaired) electrons. The second-order valence-corrected chi connectivity index (χ2v) is 3.19. The molecule has 0 unspecified atom stereocenters. The van der Waals surface area contributed by atoms with Gasteiger partial charge in [-0.3, -0.25) is 0 Å². The lowest BCUT2D eigenvalue weighted by Gasteiger charge is -2.07. The number of fused-ring (bicyclic) bond motifs is 1. The zero-order chi connectivity index (χ0) is 9.97.